The first-order valence-corrected chi connectivity index (χ1v) is 22.3. The van der Waals surface area contributed by atoms with Gasteiger partial charge in [0.05, 0.1) is 6.61 Å². The molecule has 1 unspecified atom stereocenters. The predicted octanol–water partition coefficient (Wildman–Crippen LogP) is 10.7. The molecule has 1 atom stereocenters. The Balaban J connectivity index is 4.97. The van der Waals surface area contributed by atoms with E-state index in [0.29, 0.717) is 51.8 Å². The summed E-state index contributed by atoms with van der Waals surface area (Å²) in [5.41, 5.74) is -0.659. The Hall–Kier alpha value is -2.68. The molecule has 0 aliphatic rings. The third-order valence-corrected chi connectivity index (χ3v) is 9.57. The molecule has 0 aliphatic carbocycles. The lowest BCUT2D eigenvalue weighted by atomic mass is 10.0. The summed E-state index contributed by atoms with van der Waals surface area (Å²) in [7, 11) is 3.91. The molecule has 0 radical (unpaired) electrons. The molecule has 0 spiro atoms. The number of carbonyl (C=O) groups excluding carboxylic acids is 4. The van der Waals surface area contributed by atoms with Gasteiger partial charge >= 0.3 is 11.9 Å². The fraction of sp³-hybridized carbons (Fsp3) is 0.826. The number of nitrogens with zero attached hydrogens (tertiary/aromatic N) is 2. The highest BCUT2D eigenvalue weighted by molar-refractivity contribution is 5.89. The van der Waals surface area contributed by atoms with Gasteiger partial charge in [0.2, 0.25) is 11.8 Å². The molecule has 0 aromatic heterocycles. The number of allylic oxidation sites excluding steroid dienone is 4. The van der Waals surface area contributed by atoms with Crippen LogP contribution in [0, 0.1) is 0 Å². The molecule has 0 bridgehead atoms. The zero-order valence-electron chi connectivity index (χ0n) is 36.7. The number of esters is 2. The number of likely N-dealkylation sites (N-methyl/N-ethyl adjacent to an activating group) is 1. The van der Waals surface area contributed by atoms with Gasteiger partial charge in [-0.25, -0.2) is 0 Å². The number of amides is 2. The van der Waals surface area contributed by atoms with Crippen molar-refractivity contribution in [2.24, 2.45) is 0 Å². The molecule has 320 valence electrons. The van der Waals surface area contributed by atoms with Gasteiger partial charge in [-0.3, -0.25) is 19.2 Å². The minimum Gasteiger partial charge on any atom is -0.466 e. The molecule has 1 N–H and O–H groups in total. The van der Waals surface area contributed by atoms with Crippen LogP contribution in [0.3, 0.4) is 0 Å². The average Bonchev–Trinajstić information content (AvgIpc) is 3.13. The first-order valence-electron chi connectivity index (χ1n) is 22.3. The van der Waals surface area contributed by atoms with Crippen LogP contribution in [0.4, 0.5) is 0 Å². The van der Waals surface area contributed by atoms with Gasteiger partial charge in [-0.15, -0.1) is 0 Å². The quantitative estimate of drug-likeness (QED) is 0.0384. The van der Waals surface area contributed by atoms with Crippen LogP contribution in [0.1, 0.15) is 195 Å². The van der Waals surface area contributed by atoms with Gasteiger partial charge in [0.25, 0.3) is 0 Å². The maximum absolute atomic E-state index is 13.7. The van der Waals surface area contributed by atoms with Gasteiger partial charge in [-0.05, 0) is 99.1 Å². The molecule has 0 saturated carbocycles. The molecular weight excluding hydrogens is 691 g/mol. The summed E-state index contributed by atoms with van der Waals surface area (Å²) in [6, 6.07) is -0.697. The van der Waals surface area contributed by atoms with E-state index < -0.39 is 17.6 Å². The maximum Gasteiger partial charge on any atom is 0.325 e. The molecule has 0 aliphatic heterocycles. The second-order valence-electron chi connectivity index (χ2n) is 16.5. The van der Waals surface area contributed by atoms with Gasteiger partial charge in [-0.2, -0.15) is 0 Å². The highest BCUT2D eigenvalue weighted by Gasteiger charge is 2.30. The Morgan fingerprint density at radius 1 is 0.618 bits per heavy atom. The first kappa shape index (κ1) is 52.3. The number of unbranched alkanes of at least 4 members (excludes halogenated alkanes) is 17. The van der Waals surface area contributed by atoms with Gasteiger partial charge in [0, 0.05) is 25.9 Å². The van der Waals surface area contributed by atoms with Gasteiger partial charge in [0.1, 0.15) is 18.2 Å². The van der Waals surface area contributed by atoms with E-state index in [2.05, 4.69) is 43.5 Å². The van der Waals surface area contributed by atoms with E-state index in [1.807, 2.05) is 19.0 Å². The van der Waals surface area contributed by atoms with Crippen molar-refractivity contribution in [2.45, 2.75) is 207 Å². The minimum atomic E-state index is -0.697. The largest absolute Gasteiger partial charge is 0.466 e. The van der Waals surface area contributed by atoms with Gasteiger partial charge in [-0.1, -0.05) is 122 Å². The number of ether oxygens (including phenoxy) is 2. The zero-order valence-corrected chi connectivity index (χ0v) is 36.7. The summed E-state index contributed by atoms with van der Waals surface area (Å²) < 4.78 is 10.9. The average molecular weight is 776 g/mol. The van der Waals surface area contributed by atoms with Crippen molar-refractivity contribution in [2.75, 3.05) is 40.3 Å². The van der Waals surface area contributed by atoms with Gasteiger partial charge in [0.15, 0.2) is 0 Å². The molecule has 0 fully saturated rings. The highest BCUT2D eigenvalue weighted by atomic mass is 16.6. The lowest BCUT2D eigenvalue weighted by molar-refractivity contribution is -0.155. The van der Waals surface area contributed by atoms with E-state index in [0.717, 1.165) is 64.2 Å². The number of hydrogen-bond acceptors (Lipinski definition) is 7. The highest BCUT2D eigenvalue weighted by Crippen LogP contribution is 2.17. The Morgan fingerprint density at radius 2 is 1.15 bits per heavy atom. The van der Waals surface area contributed by atoms with Crippen LogP contribution in [0.2, 0.25) is 0 Å². The third kappa shape index (κ3) is 34.3. The van der Waals surface area contributed by atoms with Crippen molar-refractivity contribution < 1.29 is 28.7 Å². The molecule has 0 heterocycles. The van der Waals surface area contributed by atoms with Crippen molar-refractivity contribution in [3.63, 3.8) is 0 Å². The first-order chi connectivity index (χ1) is 26.4. The second-order valence-corrected chi connectivity index (χ2v) is 16.5. The Morgan fingerprint density at radius 3 is 1.75 bits per heavy atom. The number of hydrogen-bond donors (Lipinski definition) is 1. The standard InChI is InChI=1S/C46H85N3O6/c1-8-10-12-14-16-18-19-20-21-22-23-24-25-27-31-35-42(50)49(38-37-48(6)7)41(45(53)47-40-44(52)55-46(3,4)5)34-30-29-33-39-54-43(51)36-32-28-26-17-15-13-11-9-2/h16,18,20-21,41H,8-15,17,19,22-40H2,1-7H3,(H,47,53)/b18-16-,21-20-. The molecule has 0 saturated heterocycles. The monoisotopic (exact) mass is 776 g/mol. The van der Waals surface area contributed by atoms with Gasteiger partial charge < -0.3 is 24.6 Å². The summed E-state index contributed by atoms with van der Waals surface area (Å²) >= 11 is 0. The van der Waals surface area contributed by atoms with E-state index in [-0.39, 0.29) is 24.3 Å². The minimum absolute atomic E-state index is 0.0279. The Kier molecular flexibility index (Phi) is 34.0. The second kappa shape index (κ2) is 35.7. The van der Waals surface area contributed by atoms with Crippen LogP contribution in [0.25, 0.3) is 0 Å². The summed E-state index contributed by atoms with van der Waals surface area (Å²) in [5.74, 6) is -1.02. The number of carbonyl (C=O) groups is 4. The van der Waals surface area contributed by atoms with Crippen LogP contribution >= 0.6 is 0 Å². The molecular formula is C46H85N3O6. The van der Waals surface area contributed by atoms with Crippen LogP contribution < -0.4 is 5.32 Å². The fourth-order valence-electron chi connectivity index (χ4n) is 6.35. The SMILES string of the molecule is CCCCC/C=C\C/C=C\CCCCCCCC(=O)N(CCN(C)C)C(CCCCCOC(=O)CCCCCCCCCC)C(=O)NCC(=O)OC(C)(C)C. The normalized spacial score (nSPS) is 12.4. The van der Waals surface area contributed by atoms with Crippen molar-refractivity contribution >= 4 is 23.8 Å². The Labute approximate surface area is 338 Å². The van der Waals surface area contributed by atoms with E-state index >= 15 is 0 Å². The van der Waals surface area contributed by atoms with Crippen LogP contribution in [0.5, 0.6) is 0 Å². The Bertz CT molecular complexity index is 1040. The van der Waals surface area contributed by atoms with E-state index in [4.69, 9.17) is 9.47 Å². The fourth-order valence-corrected chi connectivity index (χ4v) is 6.35. The van der Waals surface area contributed by atoms with Crippen LogP contribution in [-0.4, -0.2) is 85.5 Å². The predicted molar refractivity (Wildman–Crippen MR) is 229 cm³/mol. The zero-order chi connectivity index (χ0) is 41.0. The van der Waals surface area contributed by atoms with Crippen LogP contribution in [0.15, 0.2) is 24.3 Å². The maximum atomic E-state index is 13.7. The van der Waals surface area contributed by atoms with Crippen molar-refractivity contribution in [1.82, 2.24) is 15.1 Å². The summed E-state index contributed by atoms with van der Waals surface area (Å²) in [5, 5.41) is 2.76. The van der Waals surface area contributed by atoms with Crippen molar-refractivity contribution in [1.29, 1.82) is 0 Å². The molecule has 9 nitrogen and oxygen atoms in total. The molecule has 9 heteroatoms. The molecule has 0 rings (SSSR count). The van der Waals surface area contributed by atoms with E-state index in [1.165, 1.54) is 64.2 Å². The van der Waals surface area contributed by atoms with E-state index in [9.17, 15) is 19.2 Å². The summed E-state index contributed by atoms with van der Waals surface area (Å²) in [6.07, 6.45) is 34.3. The summed E-state index contributed by atoms with van der Waals surface area (Å²) in [4.78, 5) is 55.8. The molecule has 55 heavy (non-hydrogen) atoms. The lowest BCUT2D eigenvalue weighted by Gasteiger charge is -2.32. The number of nitrogens with one attached hydrogen (secondary N) is 1. The molecule has 0 aromatic carbocycles. The molecule has 2 amide bonds. The third-order valence-electron chi connectivity index (χ3n) is 9.57. The van der Waals surface area contributed by atoms with Crippen molar-refractivity contribution in [3.05, 3.63) is 24.3 Å². The lowest BCUT2D eigenvalue weighted by Crippen LogP contribution is -2.52. The molecule has 0 aromatic rings. The van der Waals surface area contributed by atoms with Crippen molar-refractivity contribution in [3.8, 4) is 0 Å². The topological polar surface area (TPSA) is 105 Å². The number of rotatable bonds is 36. The smallest absolute Gasteiger partial charge is 0.325 e. The van der Waals surface area contributed by atoms with Crippen LogP contribution in [-0.2, 0) is 28.7 Å². The van der Waals surface area contributed by atoms with E-state index in [1.54, 1.807) is 25.7 Å². The summed E-state index contributed by atoms with van der Waals surface area (Å²) in [6.45, 7) is 11.0.